The molecular weight excluding hydrogens is 318 g/mol. The molecule has 0 fully saturated rings. The molecule has 1 aromatic rings. The van der Waals surface area contributed by atoms with E-state index in [1.807, 2.05) is 13.0 Å². The number of nitrogens with one attached hydrogen (secondary N) is 2. The normalized spacial score (nSPS) is 20.6. The van der Waals surface area contributed by atoms with Crippen molar-refractivity contribution in [3.8, 4) is 0 Å². The molecule has 0 saturated carbocycles. The van der Waals surface area contributed by atoms with E-state index >= 15 is 0 Å². The van der Waals surface area contributed by atoms with E-state index in [1.54, 1.807) is 6.92 Å². The summed E-state index contributed by atoms with van der Waals surface area (Å²) >= 11 is 0. The van der Waals surface area contributed by atoms with Crippen LogP contribution in [-0.2, 0) is 22.5 Å². The second-order valence-electron chi connectivity index (χ2n) is 6.40. The van der Waals surface area contributed by atoms with Crippen LogP contribution in [0.2, 0.25) is 0 Å². The smallest absolute Gasteiger partial charge is 0.337 e. The molecule has 0 aliphatic carbocycles. The van der Waals surface area contributed by atoms with Crippen LogP contribution in [0, 0.1) is 0 Å². The lowest BCUT2D eigenvalue weighted by Gasteiger charge is -2.33. The van der Waals surface area contributed by atoms with Crippen molar-refractivity contribution in [3.63, 3.8) is 0 Å². The zero-order valence-corrected chi connectivity index (χ0v) is 14.8. The summed E-state index contributed by atoms with van der Waals surface area (Å²) in [4.78, 5) is 26.7. The third kappa shape index (κ3) is 3.85. The molecule has 134 valence electrons. The molecule has 1 atom stereocenters. The SMILES string of the molecule is CCOC(=O)C1=C(CN2CCc3ccccc3C2)NC(=O)NC1CC. The van der Waals surface area contributed by atoms with Gasteiger partial charge in [-0.05, 0) is 30.9 Å². The van der Waals surface area contributed by atoms with Crippen LogP contribution in [0.1, 0.15) is 31.4 Å². The zero-order chi connectivity index (χ0) is 17.8. The van der Waals surface area contributed by atoms with Crippen LogP contribution >= 0.6 is 0 Å². The Morgan fingerprint density at radius 1 is 1.28 bits per heavy atom. The van der Waals surface area contributed by atoms with Crippen molar-refractivity contribution in [3.05, 3.63) is 46.7 Å². The van der Waals surface area contributed by atoms with Gasteiger partial charge in [-0.3, -0.25) is 4.90 Å². The maximum atomic E-state index is 12.4. The largest absolute Gasteiger partial charge is 0.463 e. The summed E-state index contributed by atoms with van der Waals surface area (Å²) in [6.07, 6.45) is 1.62. The average Bonchev–Trinajstić information content (AvgIpc) is 2.61. The first kappa shape index (κ1) is 17.5. The van der Waals surface area contributed by atoms with Crippen LogP contribution in [0.4, 0.5) is 4.79 Å². The van der Waals surface area contributed by atoms with Gasteiger partial charge in [-0.15, -0.1) is 0 Å². The zero-order valence-electron chi connectivity index (χ0n) is 14.8. The monoisotopic (exact) mass is 343 g/mol. The minimum absolute atomic E-state index is 0.257. The predicted molar refractivity (Wildman–Crippen MR) is 94.8 cm³/mol. The van der Waals surface area contributed by atoms with Crippen LogP contribution in [0.5, 0.6) is 0 Å². The van der Waals surface area contributed by atoms with Gasteiger partial charge in [-0.2, -0.15) is 0 Å². The van der Waals surface area contributed by atoms with Crippen molar-refractivity contribution in [1.29, 1.82) is 0 Å². The standard InChI is InChI=1S/C19H25N3O3/c1-3-15-17(18(23)25-4-2)16(21-19(24)20-15)12-22-10-9-13-7-5-6-8-14(13)11-22/h5-8,15H,3-4,9-12H2,1-2H3,(H2,20,21,24). The number of benzene rings is 1. The first-order valence-electron chi connectivity index (χ1n) is 8.89. The number of nitrogens with zero attached hydrogens (tertiary/aromatic N) is 1. The van der Waals surface area contributed by atoms with Crippen LogP contribution < -0.4 is 10.6 Å². The summed E-state index contributed by atoms with van der Waals surface area (Å²) in [6.45, 7) is 6.30. The molecule has 6 nitrogen and oxygen atoms in total. The van der Waals surface area contributed by atoms with Crippen LogP contribution in [0.25, 0.3) is 0 Å². The minimum Gasteiger partial charge on any atom is -0.463 e. The van der Waals surface area contributed by atoms with Crippen molar-refractivity contribution in [2.75, 3.05) is 19.7 Å². The number of rotatable bonds is 5. The van der Waals surface area contributed by atoms with Gasteiger partial charge in [-0.25, -0.2) is 9.59 Å². The summed E-state index contributed by atoms with van der Waals surface area (Å²) in [6, 6.07) is 7.85. The van der Waals surface area contributed by atoms with Gasteiger partial charge in [0.1, 0.15) is 0 Å². The third-order valence-corrected chi connectivity index (χ3v) is 4.74. The average molecular weight is 343 g/mol. The Kier molecular flexibility index (Phi) is 5.38. The Morgan fingerprint density at radius 2 is 2.04 bits per heavy atom. The molecule has 0 spiro atoms. The molecule has 1 aromatic carbocycles. The molecule has 2 amide bonds. The second kappa shape index (κ2) is 7.70. The van der Waals surface area contributed by atoms with E-state index in [9.17, 15) is 9.59 Å². The Labute approximate surface area is 148 Å². The van der Waals surface area contributed by atoms with Gasteiger partial charge in [0.2, 0.25) is 0 Å². The third-order valence-electron chi connectivity index (χ3n) is 4.74. The lowest BCUT2D eigenvalue weighted by atomic mass is 9.97. The van der Waals surface area contributed by atoms with Crippen LogP contribution in [0.3, 0.4) is 0 Å². The number of hydrogen-bond acceptors (Lipinski definition) is 4. The van der Waals surface area contributed by atoms with Crippen LogP contribution in [-0.4, -0.2) is 42.6 Å². The maximum absolute atomic E-state index is 12.4. The molecular formula is C19H25N3O3. The van der Waals surface area contributed by atoms with Gasteiger partial charge in [-0.1, -0.05) is 31.2 Å². The molecule has 0 radical (unpaired) electrons. The fourth-order valence-corrected chi connectivity index (χ4v) is 3.50. The van der Waals surface area contributed by atoms with Gasteiger partial charge in [0.15, 0.2) is 0 Å². The highest BCUT2D eigenvalue weighted by molar-refractivity contribution is 5.94. The van der Waals surface area contributed by atoms with Crippen LogP contribution in [0.15, 0.2) is 35.5 Å². The van der Waals surface area contributed by atoms with Crippen molar-refractivity contribution in [2.45, 2.75) is 39.3 Å². The topological polar surface area (TPSA) is 70.7 Å². The van der Waals surface area contributed by atoms with E-state index in [4.69, 9.17) is 4.74 Å². The van der Waals surface area contributed by atoms with Gasteiger partial charge in [0.05, 0.1) is 18.2 Å². The Hall–Kier alpha value is -2.34. The van der Waals surface area contributed by atoms with Crippen molar-refractivity contribution in [1.82, 2.24) is 15.5 Å². The minimum atomic E-state index is -0.353. The maximum Gasteiger partial charge on any atom is 0.337 e. The number of esters is 1. The van der Waals surface area contributed by atoms with E-state index in [2.05, 4.69) is 33.7 Å². The molecule has 2 aliphatic heterocycles. The molecule has 6 heteroatoms. The fraction of sp³-hybridized carbons (Fsp3) is 0.474. The molecule has 0 aromatic heterocycles. The molecule has 25 heavy (non-hydrogen) atoms. The van der Waals surface area contributed by atoms with Gasteiger partial charge in [0.25, 0.3) is 0 Å². The number of carbonyl (C=O) groups is 2. The predicted octanol–water partition coefficient (Wildman–Crippen LogP) is 1.95. The summed E-state index contributed by atoms with van der Waals surface area (Å²) in [5, 5.41) is 5.64. The van der Waals surface area contributed by atoms with E-state index in [1.165, 1.54) is 11.1 Å². The Balaban J connectivity index is 1.84. The first-order chi connectivity index (χ1) is 12.1. The number of urea groups is 1. The van der Waals surface area contributed by atoms with Crippen molar-refractivity contribution < 1.29 is 14.3 Å². The molecule has 2 aliphatic rings. The molecule has 0 bridgehead atoms. The summed E-state index contributed by atoms with van der Waals surface area (Å²) in [5.41, 5.74) is 3.88. The van der Waals surface area contributed by atoms with Crippen molar-refractivity contribution in [2.24, 2.45) is 0 Å². The number of hydrogen-bond donors (Lipinski definition) is 2. The lowest BCUT2D eigenvalue weighted by molar-refractivity contribution is -0.139. The Morgan fingerprint density at radius 3 is 2.76 bits per heavy atom. The lowest BCUT2D eigenvalue weighted by Crippen LogP contribution is -2.52. The molecule has 2 N–H and O–H groups in total. The van der Waals surface area contributed by atoms with E-state index in [0.717, 1.165) is 19.5 Å². The highest BCUT2D eigenvalue weighted by Gasteiger charge is 2.32. The Bertz CT molecular complexity index is 699. The summed E-state index contributed by atoms with van der Waals surface area (Å²) in [5.74, 6) is -0.353. The molecule has 3 rings (SSSR count). The highest BCUT2D eigenvalue weighted by Crippen LogP contribution is 2.22. The number of ether oxygens (including phenoxy) is 1. The quantitative estimate of drug-likeness (QED) is 0.802. The van der Waals surface area contributed by atoms with Gasteiger partial charge >= 0.3 is 12.0 Å². The van der Waals surface area contributed by atoms with E-state index < -0.39 is 0 Å². The van der Waals surface area contributed by atoms with E-state index in [0.29, 0.717) is 30.8 Å². The van der Waals surface area contributed by atoms with E-state index in [-0.39, 0.29) is 18.0 Å². The second-order valence-corrected chi connectivity index (χ2v) is 6.40. The summed E-state index contributed by atoms with van der Waals surface area (Å²) < 4.78 is 5.22. The number of carbonyl (C=O) groups excluding carboxylic acids is 2. The van der Waals surface area contributed by atoms with Gasteiger partial charge < -0.3 is 15.4 Å². The van der Waals surface area contributed by atoms with Gasteiger partial charge in [0, 0.05) is 25.3 Å². The summed E-state index contributed by atoms with van der Waals surface area (Å²) in [7, 11) is 0. The molecule has 2 heterocycles. The molecule has 1 unspecified atom stereocenters. The fourth-order valence-electron chi connectivity index (χ4n) is 3.50. The number of amides is 2. The molecule has 0 saturated heterocycles. The highest BCUT2D eigenvalue weighted by atomic mass is 16.5. The first-order valence-corrected chi connectivity index (χ1v) is 8.89. The van der Waals surface area contributed by atoms with Crippen molar-refractivity contribution >= 4 is 12.0 Å². The number of fused-ring (bicyclic) bond motifs is 1.